The van der Waals surface area contributed by atoms with Crippen LogP contribution in [0.4, 0.5) is 0 Å². The van der Waals surface area contributed by atoms with Gasteiger partial charge in [-0.15, -0.1) is 0 Å². The van der Waals surface area contributed by atoms with Crippen LogP contribution in [-0.4, -0.2) is 53.0 Å². The first-order valence-electron chi connectivity index (χ1n) is 10.8. The Morgan fingerprint density at radius 2 is 2.09 bits per heavy atom. The van der Waals surface area contributed by atoms with Crippen molar-refractivity contribution in [1.82, 2.24) is 9.88 Å². The number of ketones is 1. The lowest BCUT2D eigenvalue weighted by Crippen LogP contribution is -2.36. The molecule has 0 spiro atoms. The number of hydrogen-bond acceptors (Lipinski definition) is 5. The molecule has 2 aromatic carbocycles. The Labute approximate surface area is 199 Å². The van der Waals surface area contributed by atoms with Crippen LogP contribution in [0.2, 0.25) is 0 Å². The summed E-state index contributed by atoms with van der Waals surface area (Å²) >= 11 is 3.43. The van der Waals surface area contributed by atoms with Crippen molar-refractivity contribution in [2.45, 2.75) is 25.0 Å². The highest BCUT2D eigenvalue weighted by Crippen LogP contribution is 2.43. The van der Waals surface area contributed by atoms with Gasteiger partial charge in [0.2, 0.25) is 0 Å². The van der Waals surface area contributed by atoms with Gasteiger partial charge in [-0.25, -0.2) is 0 Å². The molecular formula is C25H23BrN2O5. The highest BCUT2D eigenvalue weighted by atomic mass is 79.9. The predicted octanol–water partition coefficient (Wildman–Crippen LogP) is 4.54. The molecule has 0 aliphatic carbocycles. The molecule has 1 amide bonds. The fraction of sp³-hybridized carbons (Fsp3) is 0.280. The van der Waals surface area contributed by atoms with Crippen LogP contribution >= 0.6 is 15.9 Å². The Hall–Kier alpha value is -3.10. The van der Waals surface area contributed by atoms with Gasteiger partial charge >= 0.3 is 0 Å². The lowest BCUT2D eigenvalue weighted by Gasteiger charge is -2.27. The van der Waals surface area contributed by atoms with E-state index in [0.29, 0.717) is 22.4 Å². The van der Waals surface area contributed by atoms with E-state index in [-0.39, 0.29) is 24.0 Å². The first-order valence-corrected chi connectivity index (χ1v) is 11.6. The normalized spacial score (nSPS) is 22.4. The molecule has 0 saturated carbocycles. The largest absolute Gasteiger partial charge is 0.507 e. The molecule has 2 aliphatic heterocycles. The summed E-state index contributed by atoms with van der Waals surface area (Å²) in [6.45, 7) is 0.935. The molecule has 33 heavy (non-hydrogen) atoms. The number of halogens is 1. The van der Waals surface area contributed by atoms with Gasteiger partial charge in [0, 0.05) is 41.4 Å². The highest BCUT2D eigenvalue weighted by Gasteiger charge is 2.47. The molecule has 5 rings (SSSR count). The van der Waals surface area contributed by atoms with Gasteiger partial charge in [0.25, 0.3) is 11.7 Å². The van der Waals surface area contributed by atoms with Crippen molar-refractivity contribution in [3.63, 3.8) is 0 Å². The zero-order chi connectivity index (χ0) is 23.1. The number of rotatable bonds is 5. The second kappa shape index (κ2) is 8.68. The zero-order valence-corrected chi connectivity index (χ0v) is 19.6. The van der Waals surface area contributed by atoms with Crippen molar-refractivity contribution < 1.29 is 24.2 Å². The van der Waals surface area contributed by atoms with E-state index in [9.17, 15) is 14.7 Å². The molecule has 2 saturated heterocycles. The van der Waals surface area contributed by atoms with Gasteiger partial charge in [-0.05, 0) is 53.0 Å². The van der Waals surface area contributed by atoms with Crippen LogP contribution in [0.5, 0.6) is 5.75 Å². The number of methoxy groups -OCH3 is 1. The van der Waals surface area contributed by atoms with Crippen LogP contribution in [0.3, 0.4) is 0 Å². The molecule has 170 valence electrons. The number of aliphatic hydroxyl groups excluding tert-OH is 1. The van der Waals surface area contributed by atoms with Crippen molar-refractivity contribution in [1.29, 1.82) is 0 Å². The summed E-state index contributed by atoms with van der Waals surface area (Å²) in [7, 11) is 1.55. The molecule has 2 fully saturated rings. The average molecular weight is 511 g/mol. The van der Waals surface area contributed by atoms with E-state index in [1.165, 1.54) is 4.90 Å². The zero-order valence-electron chi connectivity index (χ0n) is 18.0. The van der Waals surface area contributed by atoms with E-state index >= 15 is 0 Å². The molecule has 2 aliphatic rings. The Morgan fingerprint density at radius 1 is 1.27 bits per heavy atom. The Balaban J connectivity index is 1.67. The summed E-state index contributed by atoms with van der Waals surface area (Å²) in [6.07, 6.45) is 3.42. The van der Waals surface area contributed by atoms with Gasteiger partial charge in [-0.3, -0.25) is 9.59 Å². The smallest absolute Gasteiger partial charge is 0.295 e. The quantitative estimate of drug-likeness (QED) is 0.298. The summed E-state index contributed by atoms with van der Waals surface area (Å²) in [6, 6.07) is 12.0. The van der Waals surface area contributed by atoms with E-state index in [1.807, 2.05) is 24.3 Å². The lowest BCUT2D eigenvalue weighted by molar-refractivity contribution is -0.140. The summed E-state index contributed by atoms with van der Waals surface area (Å²) < 4.78 is 11.7. The monoisotopic (exact) mass is 510 g/mol. The Morgan fingerprint density at radius 3 is 2.82 bits per heavy atom. The first kappa shape index (κ1) is 21.7. The van der Waals surface area contributed by atoms with Crippen molar-refractivity contribution in [2.75, 3.05) is 20.3 Å². The number of carbonyl (C=O) groups excluding carboxylic acids is 2. The number of likely N-dealkylation sites (tertiary alicyclic amines) is 1. The SMILES string of the molecule is COc1ccc(/C(O)=C2\C(=O)C(=O)N(CC3CCCO3)C2c2c[nH]c3ccccc23)cc1Br. The number of nitrogens with one attached hydrogen (secondary N) is 1. The minimum absolute atomic E-state index is 0.0693. The van der Waals surface area contributed by atoms with Gasteiger partial charge in [-0.1, -0.05) is 18.2 Å². The number of nitrogens with zero attached hydrogens (tertiary/aromatic N) is 1. The van der Waals surface area contributed by atoms with Gasteiger partial charge in [-0.2, -0.15) is 0 Å². The van der Waals surface area contributed by atoms with Gasteiger partial charge in [0.1, 0.15) is 11.5 Å². The van der Waals surface area contributed by atoms with Crippen LogP contribution in [0, 0.1) is 0 Å². The maximum absolute atomic E-state index is 13.3. The number of fused-ring (bicyclic) bond motifs is 1. The van der Waals surface area contributed by atoms with Gasteiger partial charge in [0.15, 0.2) is 0 Å². The number of benzene rings is 2. The number of carbonyl (C=O) groups is 2. The standard InChI is InChI=1S/C25H23BrN2O5/c1-32-20-9-8-14(11-18(20)26)23(29)21-22(17-12-27-19-7-3-2-6-16(17)19)28(25(31)24(21)30)13-15-5-4-10-33-15/h2-3,6-9,11-12,15,22,27,29H,4-5,10,13H2,1H3/b23-21+. The van der Waals surface area contributed by atoms with Crippen LogP contribution < -0.4 is 4.74 Å². The summed E-state index contributed by atoms with van der Waals surface area (Å²) in [4.78, 5) is 31.2. The van der Waals surface area contributed by atoms with Crippen LogP contribution in [-0.2, 0) is 14.3 Å². The molecule has 2 N–H and O–H groups in total. The number of H-pyrrole nitrogens is 1. The minimum atomic E-state index is -0.730. The second-order valence-electron chi connectivity index (χ2n) is 8.23. The summed E-state index contributed by atoms with van der Waals surface area (Å²) in [5, 5.41) is 12.2. The maximum Gasteiger partial charge on any atom is 0.295 e. The third kappa shape index (κ3) is 3.73. The molecule has 3 aromatic rings. The molecule has 3 heterocycles. The fourth-order valence-corrected chi connectivity index (χ4v) is 5.23. The topological polar surface area (TPSA) is 91.9 Å². The number of amides is 1. The van der Waals surface area contributed by atoms with Crippen molar-refractivity contribution in [3.8, 4) is 5.75 Å². The summed E-state index contributed by atoms with van der Waals surface area (Å²) in [5.74, 6) is -0.956. The third-order valence-corrected chi connectivity index (χ3v) is 6.93. The van der Waals surface area contributed by atoms with Crippen molar-refractivity contribution in [3.05, 3.63) is 69.8 Å². The number of aliphatic hydroxyl groups is 1. The van der Waals surface area contributed by atoms with E-state index in [4.69, 9.17) is 9.47 Å². The Kier molecular flexibility index (Phi) is 5.72. The van der Waals surface area contributed by atoms with E-state index in [0.717, 1.165) is 29.3 Å². The molecule has 2 atom stereocenters. The van der Waals surface area contributed by atoms with E-state index in [2.05, 4.69) is 20.9 Å². The van der Waals surface area contributed by atoms with Crippen LogP contribution in [0.25, 0.3) is 16.7 Å². The van der Waals surface area contributed by atoms with E-state index < -0.39 is 17.7 Å². The number of aromatic nitrogens is 1. The second-order valence-corrected chi connectivity index (χ2v) is 9.08. The van der Waals surface area contributed by atoms with E-state index in [1.54, 1.807) is 31.5 Å². The fourth-order valence-electron chi connectivity index (χ4n) is 4.69. The molecule has 7 nitrogen and oxygen atoms in total. The molecule has 2 unspecified atom stereocenters. The van der Waals surface area contributed by atoms with Crippen LogP contribution in [0.1, 0.15) is 30.0 Å². The van der Waals surface area contributed by atoms with Crippen molar-refractivity contribution in [2.24, 2.45) is 0 Å². The molecule has 0 radical (unpaired) electrons. The number of ether oxygens (including phenoxy) is 2. The number of para-hydroxylation sites is 1. The molecule has 0 bridgehead atoms. The first-order chi connectivity index (χ1) is 16.0. The maximum atomic E-state index is 13.3. The average Bonchev–Trinajstić information content (AvgIpc) is 3.54. The Bertz CT molecular complexity index is 1270. The molecular weight excluding hydrogens is 488 g/mol. The predicted molar refractivity (Wildman–Crippen MR) is 127 cm³/mol. The number of aromatic amines is 1. The van der Waals surface area contributed by atoms with Crippen molar-refractivity contribution >= 4 is 44.3 Å². The highest BCUT2D eigenvalue weighted by molar-refractivity contribution is 9.10. The third-order valence-electron chi connectivity index (χ3n) is 6.31. The number of hydrogen-bond donors (Lipinski definition) is 2. The minimum Gasteiger partial charge on any atom is -0.507 e. The molecule has 8 heteroatoms. The number of Topliss-reactive ketones (excluding diaryl/α,β-unsaturated/α-hetero) is 1. The van der Waals surface area contributed by atoms with Gasteiger partial charge in [0.05, 0.1) is 29.3 Å². The summed E-state index contributed by atoms with van der Waals surface area (Å²) in [5.41, 5.74) is 2.14. The van der Waals surface area contributed by atoms with Crippen LogP contribution in [0.15, 0.2) is 58.7 Å². The lowest BCUT2D eigenvalue weighted by atomic mass is 9.94. The van der Waals surface area contributed by atoms with Gasteiger partial charge < -0.3 is 24.5 Å². The molecule has 1 aromatic heterocycles.